The van der Waals surface area contributed by atoms with Crippen molar-refractivity contribution in [3.8, 4) is 5.75 Å². The maximum absolute atomic E-state index is 5.73. The van der Waals surface area contributed by atoms with E-state index >= 15 is 0 Å². The summed E-state index contributed by atoms with van der Waals surface area (Å²) in [7, 11) is 0. The third kappa shape index (κ3) is 2.38. The van der Waals surface area contributed by atoms with Crippen molar-refractivity contribution in [2.24, 2.45) is 0 Å². The highest BCUT2D eigenvalue weighted by Crippen LogP contribution is 2.36. The Bertz CT molecular complexity index is 799. The topological polar surface area (TPSA) is 49.9 Å². The molecule has 106 valence electrons. The number of aromatic nitrogens is 2. The minimum absolute atomic E-state index is 0.256. The van der Waals surface area contributed by atoms with E-state index in [0.29, 0.717) is 0 Å². The fraction of sp³-hybridized carbons (Fsp3) is 0.188. The van der Waals surface area contributed by atoms with Crippen molar-refractivity contribution in [2.45, 2.75) is 12.5 Å². The summed E-state index contributed by atoms with van der Waals surface area (Å²) in [4.78, 5) is 0. The summed E-state index contributed by atoms with van der Waals surface area (Å²) >= 11 is 3.53. The largest absolute Gasteiger partial charge is 0.493 e. The molecule has 0 amide bonds. The molecule has 2 N–H and O–H groups in total. The number of fused-ring (bicyclic) bond motifs is 2. The van der Waals surface area contributed by atoms with Crippen molar-refractivity contribution in [3.63, 3.8) is 0 Å². The first-order chi connectivity index (χ1) is 10.3. The molecule has 0 saturated carbocycles. The van der Waals surface area contributed by atoms with E-state index < -0.39 is 0 Å². The third-order valence-electron chi connectivity index (χ3n) is 3.79. The van der Waals surface area contributed by atoms with Crippen LogP contribution in [-0.4, -0.2) is 16.8 Å². The molecule has 0 aliphatic carbocycles. The molecule has 0 radical (unpaired) electrons. The van der Waals surface area contributed by atoms with Crippen LogP contribution in [0.3, 0.4) is 0 Å². The van der Waals surface area contributed by atoms with E-state index in [2.05, 4.69) is 55.7 Å². The molecule has 2 aromatic carbocycles. The van der Waals surface area contributed by atoms with Crippen LogP contribution in [0, 0.1) is 0 Å². The van der Waals surface area contributed by atoms with Gasteiger partial charge in [0.2, 0.25) is 0 Å². The van der Waals surface area contributed by atoms with Gasteiger partial charge in [0.05, 0.1) is 24.4 Å². The minimum atomic E-state index is 0.256. The second kappa shape index (κ2) is 5.07. The van der Waals surface area contributed by atoms with Gasteiger partial charge in [-0.15, -0.1) is 0 Å². The summed E-state index contributed by atoms with van der Waals surface area (Å²) in [6, 6.07) is 12.7. The highest BCUT2D eigenvalue weighted by atomic mass is 79.9. The Morgan fingerprint density at radius 1 is 1.24 bits per heavy atom. The van der Waals surface area contributed by atoms with E-state index in [-0.39, 0.29) is 6.04 Å². The lowest BCUT2D eigenvalue weighted by Gasteiger charge is -2.27. The summed E-state index contributed by atoms with van der Waals surface area (Å²) in [6.45, 7) is 0.735. The van der Waals surface area contributed by atoms with Gasteiger partial charge in [-0.3, -0.25) is 5.10 Å². The van der Waals surface area contributed by atoms with E-state index in [1.54, 1.807) is 0 Å². The lowest BCUT2D eigenvalue weighted by atomic mass is 10.00. The SMILES string of the molecule is Brc1ccc2c(c1)C(Nc1ccc3cn[nH]c3c1)CCO2. The predicted molar refractivity (Wildman–Crippen MR) is 86.7 cm³/mol. The van der Waals surface area contributed by atoms with Crippen LogP contribution in [0.4, 0.5) is 5.69 Å². The number of hydrogen-bond donors (Lipinski definition) is 2. The monoisotopic (exact) mass is 343 g/mol. The molecule has 0 bridgehead atoms. The third-order valence-corrected chi connectivity index (χ3v) is 4.29. The minimum Gasteiger partial charge on any atom is -0.493 e. The molecule has 0 fully saturated rings. The summed E-state index contributed by atoms with van der Waals surface area (Å²) < 4.78 is 6.80. The van der Waals surface area contributed by atoms with Gasteiger partial charge < -0.3 is 10.1 Å². The van der Waals surface area contributed by atoms with Crippen LogP contribution in [0.1, 0.15) is 18.0 Å². The van der Waals surface area contributed by atoms with Gasteiger partial charge >= 0.3 is 0 Å². The molecule has 4 rings (SSSR count). The van der Waals surface area contributed by atoms with Crippen LogP contribution in [0.25, 0.3) is 10.9 Å². The quantitative estimate of drug-likeness (QED) is 0.730. The van der Waals surface area contributed by atoms with Gasteiger partial charge in [-0.25, -0.2) is 0 Å². The number of nitrogens with one attached hydrogen (secondary N) is 2. The van der Waals surface area contributed by atoms with Gasteiger partial charge in [0.1, 0.15) is 5.75 Å². The van der Waals surface area contributed by atoms with Gasteiger partial charge in [0.15, 0.2) is 0 Å². The molecule has 0 spiro atoms. The molecule has 5 heteroatoms. The molecule has 1 aromatic heterocycles. The highest BCUT2D eigenvalue weighted by molar-refractivity contribution is 9.10. The van der Waals surface area contributed by atoms with Crippen LogP contribution in [0.15, 0.2) is 47.1 Å². The normalized spacial score (nSPS) is 17.3. The lowest BCUT2D eigenvalue weighted by Crippen LogP contribution is -2.20. The fourth-order valence-electron chi connectivity index (χ4n) is 2.74. The number of nitrogens with zero attached hydrogens (tertiary/aromatic N) is 1. The molecular weight excluding hydrogens is 330 g/mol. The molecule has 1 aliphatic heterocycles. The van der Waals surface area contributed by atoms with Crippen LogP contribution in [-0.2, 0) is 0 Å². The molecule has 1 atom stereocenters. The number of anilines is 1. The Hall–Kier alpha value is -2.01. The Balaban J connectivity index is 1.67. The Kier molecular flexibility index (Phi) is 3.07. The van der Waals surface area contributed by atoms with Crippen LogP contribution in [0.2, 0.25) is 0 Å². The summed E-state index contributed by atoms with van der Waals surface area (Å²) in [5, 5.41) is 11.8. The molecule has 3 aromatic rings. The predicted octanol–water partition coefficient (Wildman–Crippen LogP) is 4.26. The maximum atomic E-state index is 5.73. The van der Waals surface area contributed by atoms with E-state index in [4.69, 9.17) is 4.74 Å². The number of aromatic amines is 1. The smallest absolute Gasteiger partial charge is 0.124 e. The van der Waals surface area contributed by atoms with Crippen molar-refractivity contribution in [2.75, 3.05) is 11.9 Å². The van der Waals surface area contributed by atoms with Crippen LogP contribution >= 0.6 is 15.9 Å². The summed E-state index contributed by atoms with van der Waals surface area (Å²) in [6.07, 6.45) is 2.78. The van der Waals surface area contributed by atoms with E-state index in [1.165, 1.54) is 5.56 Å². The molecular formula is C16H14BrN3O. The van der Waals surface area contributed by atoms with Gasteiger partial charge in [-0.05, 0) is 36.4 Å². The zero-order chi connectivity index (χ0) is 14.2. The van der Waals surface area contributed by atoms with Gasteiger partial charge in [0.25, 0.3) is 0 Å². The van der Waals surface area contributed by atoms with Crippen LogP contribution in [0.5, 0.6) is 5.75 Å². The lowest BCUT2D eigenvalue weighted by molar-refractivity contribution is 0.274. The van der Waals surface area contributed by atoms with E-state index in [9.17, 15) is 0 Å². The average Bonchev–Trinajstić information content (AvgIpc) is 2.95. The Labute approximate surface area is 130 Å². The molecule has 1 aliphatic rings. The van der Waals surface area contributed by atoms with Gasteiger partial charge in [-0.1, -0.05) is 15.9 Å². The number of hydrogen-bond acceptors (Lipinski definition) is 3. The highest BCUT2D eigenvalue weighted by Gasteiger charge is 2.21. The van der Waals surface area contributed by atoms with Gasteiger partial charge in [-0.2, -0.15) is 5.10 Å². The second-order valence-electron chi connectivity index (χ2n) is 5.19. The van der Waals surface area contributed by atoms with Crippen molar-refractivity contribution < 1.29 is 4.74 Å². The number of benzene rings is 2. The summed E-state index contributed by atoms with van der Waals surface area (Å²) in [5.41, 5.74) is 3.33. The summed E-state index contributed by atoms with van der Waals surface area (Å²) in [5.74, 6) is 0.963. The van der Waals surface area contributed by atoms with Crippen molar-refractivity contribution in [3.05, 3.63) is 52.6 Å². The van der Waals surface area contributed by atoms with Crippen molar-refractivity contribution in [1.29, 1.82) is 0 Å². The molecule has 0 saturated heterocycles. The zero-order valence-electron chi connectivity index (χ0n) is 11.3. The van der Waals surface area contributed by atoms with Crippen molar-refractivity contribution >= 4 is 32.5 Å². The first kappa shape index (κ1) is 12.7. The number of ether oxygens (including phenoxy) is 1. The molecule has 21 heavy (non-hydrogen) atoms. The van der Waals surface area contributed by atoms with E-state index in [0.717, 1.165) is 39.8 Å². The van der Waals surface area contributed by atoms with Gasteiger partial charge in [0, 0.05) is 27.5 Å². The number of halogens is 1. The van der Waals surface area contributed by atoms with Crippen LogP contribution < -0.4 is 10.1 Å². The Morgan fingerprint density at radius 3 is 3.14 bits per heavy atom. The molecule has 4 nitrogen and oxygen atoms in total. The standard InChI is InChI=1S/C16H14BrN3O/c17-11-2-4-16-13(7-11)14(5-6-21-16)19-12-3-1-10-9-18-20-15(10)8-12/h1-4,7-9,14,19H,5-6H2,(H,18,20). The fourth-order valence-corrected chi connectivity index (χ4v) is 3.12. The van der Waals surface area contributed by atoms with E-state index in [1.807, 2.05) is 18.3 Å². The Morgan fingerprint density at radius 2 is 2.19 bits per heavy atom. The zero-order valence-corrected chi connectivity index (χ0v) is 12.9. The first-order valence-corrected chi connectivity index (χ1v) is 7.71. The number of rotatable bonds is 2. The van der Waals surface area contributed by atoms with Crippen molar-refractivity contribution in [1.82, 2.24) is 10.2 Å². The molecule has 2 heterocycles. The number of H-pyrrole nitrogens is 1. The molecule has 1 unspecified atom stereocenters. The second-order valence-corrected chi connectivity index (χ2v) is 6.10. The first-order valence-electron chi connectivity index (χ1n) is 6.91. The maximum Gasteiger partial charge on any atom is 0.124 e. The average molecular weight is 344 g/mol.